The summed E-state index contributed by atoms with van der Waals surface area (Å²) in [6.07, 6.45) is 0.858. The Hall–Kier alpha value is -4.47. The average Bonchev–Trinajstić information content (AvgIpc) is 2.86. The van der Waals surface area contributed by atoms with Crippen molar-refractivity contribution in [1.82, 2.24) is 15.3 Å². The van der Waals surface area contributed by atoms with Gasteiger partial charge in [0.05, 0.1) is 11.1 Å². The number of anilines is 1. The molecule has 0 radical (unpaired) electrons. The number of nitrogens with one attached hydrogen (secondary N) is 1. The zero-order valence-corrected chi connectivity index (χ0v) is 20.4. The van der Waals surface area contributed by atoms with Crippen molar-refractivity contribution < 1.29 is 17.9 Å². The molecular formula is C27H27F3N6O. The Morgan fingerprint density at radius 2 is 1.86 bits per heavy atom. The van der Waals surface area contributed by atoms with Crippen LogP contribution in [0, 0.1) is 13.8 Å². The van der Waals surface area contributed by atoms with Crippen LogP contribution in [0.5, 0.6) is 0 Å². The number of hydrogen-bond acceptors (Lipinski definition) is 7. The summed E-state index contributed by atoms with van der Waals surface area (Å²) in [6.45, 7) is 4.57. The van der Waals surface area contributed by atoms with Crippen LogP contribution in [-0.2, 0) is 24.1 Å². The zero-order valence-electron chi connectivity index (χ0n) is 20.4. The number of alkyl halides is 3. The summed E-state index contributed by atoms with van der Waals surface area (Å²) in [6, 6.07) is 9.98. The second-order valence-corrected chi connectivity index (χ2v) is 8.65. The van der Waals surface area contributed by atoms with E-state index >= 15 is 0 Å². The van der Waals surface area contributed by atoms with E-state index in [0.29, 0.717) is 40.4 Å². The highest BCUT2D eigenvalue weighted by Gasteiger charge is 2.31. The molecule has 0 saturated heterocycles. The number of aromatic nitrogens is 2. The normalized spacial score (nSPS) is 12.8. The highest BCUT2D eigenvalue weighted by Crippen LogP contribution is 2.31. The molecule has 10 heteroatoms. The van der Waals surface area contributed by atoms with Gasteiger partial charge in [-0.3, -0.25) is 4.98 Å². The van der Waals surface area contributed by atoms with Crippen molar-refractivity contribution in [2.45, 2.75) is 33.2 Å². The molecule has 0 saturated carbocycles. The van der Waals surface area contributed by atoms with Crippen molar-refractivity contribution >= 4 is 27.5 Å². The number of nitrogens with zero attached hydrogens (tertiary/aromatic N) is 2. The summed E-state index contributed by atoms with van der Waals surface area (Å²) in [5, 5.41) is 5.47. The van der Waals surface area contributed by atoms with Crippen LogP contribution < -0.4 is 22.5 Å². The first kappa shape index (κ1) is 25.6. The molecule has 0 fully saturated rings. The smallest absolute Gasteiger partial charge is 0.417 e. The van der Waals surface area contributed by atoms with Crippen molar-refractivity contribution in [3.8, 4) is 0 Å². The van der Waals surface area contributed by atoms with Crippen molar-refractivity contribution in [2.75, 3.05) is 5.73 Å². The number of fused-ring (bicyclic) bond motifs is 2. The van der Waals surface area contributed by atoms with Gasteiger partial charge in [0.2, 0.25) is 0 Å². The lowest BCUT2D eigenvalue weighted by molar-refractivity contribution is -0.137. The number of nitrogen functional groups attached to an aromatic ring is 1. The van der Waals surface area contributed by atoms with Gasteiger partial charge in [-0.05, 0) is 71.8 Å². The van der Waals surface area contributed by atoms with Gasteiger partial charge in [0, 0.05) is 42.0 Å². The number of allylic oxidation sites excluding steroid dienone is 1. The average molecular weight is 509 g/mol. The standard InChI is InChI=1S/C27H27F3N6O/c1-15-7-22-21(5-6-34-26(22)33)16(2)23(15)13-36-25(32)10-20(11-31)37-14-17-3-4-24-18(8-17)9-19(12-35-24)27(28,29)30/h3-12,36H,13-14,31-32H2,1-2H3,(H2,33,34)/b20-11+,25-10+. The Morgan fingerprint density at radius 1 is 1.08 bits per heavy atom. The summed E-state index contributed by atoms with van der Waals surface area (Å²) >= 11 is 0. The Kier molecular flexibility index (Phi) is 7.10. The van der Waals surface area contributed by atoms with E-state index < -0.39 is 11.7 Å². The number of halogens is 3. The predicted molar refractivity (Wildman–Crippen MR) is 139 cm³/mol. The summed E-state index contributed by atoms with van der Waals surface area (Å²) in [5.74, 6) is 1.13. The van der Waals surface area contributed by atoms with Crippen LogP contribution in [0.1, 0.15) is 27.8 Å². The van der Waals surface area contributed by atoms with Crippen LogP contribution in [0.4, 0.5) is 19.0 Å². The molecule has 192 valence electrons. The second-order valence-electron chi connectivity index (χ2n) is 8.65. The van der Waals surface area contributed by atoms with Gasteiger partial charge in [-0.25, -0.2) is 4.98 Å². The number of nitrogens with two attached hydrogens (primary N) is 3. The van der Waals surface area contributed by atoms with Crippen molar-refractivity contribution in [3.05, 3.63) is 100 Å². The van der Waals surface area contributed by atoms with Gasteiger partial charge in [-0.15, -0.1) is 0 Å². The summed E-state index contributed by atoms with van der Waals surface area (Å²) < 4.78 is 44.8. The Bertz CT molecular complexity index is 1530. The van der Waals surface area contributed by atoms with Crippen LogP contribution in [0.25, 0.3) is 21.7 Å². The number of benzene rings is 2. The maximum atomic E-state index is 13.0. The van der Waals surface area contributed by atoms with Gasteiger partial charge in [0.15, 0.2) is 0 Å². The highest BCUT2D eigenvalue weighted by atomic mass is 19.4. The lowest BCUT2D eigenvalue weighted by atomic mass is 9.96. The monoisotopic (exact) mass is 508 g/mol. The fourth-order valence-electron chi connectivity index (χ4n) is 4.13. The number of aryl methyl sites for hydroxylation is 2. The molecule has 0 unspecified atom stereocenters. The molecule has 0 bridgehead atoms. The summed E-state index contributed by atoms with van der Waals surface area (Å²) in [7, 11) is 0. The molecule has 0 spiro atoms. The molecule has 7 N–H and O–H groups in total. The first-order valence-electron chi connectivity index (χ1n) is 11.4. The van der Waals surface area contributed by atoms with Gasteiger partial charge in [0.25, 0.3) is 0 Å². The van der Waals surface area contributed by atoms with Crippen molar-refractivity contribution in [2.24, 2.45) is 11.5 Å². The molecule has 4 rings (SSSR count). The molecule has 0 amide bonds. The zero-order chi connectivity index (χ0) is 26.7. The molecule has 7 nitrogen and oxygen atoms in total. The van der Waals surface area contributed by atoms with E-state index in [4.69, 9.17) is 21.9 Å². The van der Waals surface area contributed by atoms with Crippen molar-refractivity contribution in [3.63, 3.8) is 0 Å². The Labute approximate surface area is 211 Å². The number of pyridine rings is 2. The summed E-state index contributed by atoms with van der Waals surface area (Å²) in [4.78, 5) is 8.04. The van der Waals surface area contributed by atoms with Crippen LogP contribution >= 0.6 is 0 Å². The minimum atomic E-state index is -4.47. The Morgan fingerprint density at radius 3 is 2.59 bits per heavy atom. The van der Waals surface area contributed by atoms with E-state index in [9.17, 15) is 13.2 Å². The molecule has 4 aromatic rings. The molecule has 0 aliphatic carbocycles. The predicted octanol–water partition coefficient (Wildman–Crippen LogP) is 4.91. The van der Waals surface area contributed by atoms with Crippen LogP contribution in [0.15, 0.2) is 72.6 Å². The lowest BCUT2D eigenvalue weighted by Crippen LogP contribution is -2.21. The van der Waals surface area contributed by atoms with E-state index in [1.165, 1.54) is 6.20 Å². The quantitative estimate of drug-likeness (QED) is 0.207. The molecule has 37 heavy (non-hydrogen) atoms. The molecule has 2 aromatic heterocycles. The lowest BCUT2D eigenvalue weighted by Gasteiger charge is -2.16. The number of rotatable bonds is 7. The van der Waals surface area contributed by atoms with E-state index in [2.05, 4.69) is 15.3 Å². The van der Waals surface area contributed by atoms with E-state index in [-0.39, 0.29) is 6.61 Å². The molecule has 0 aliphatic heterocycles. The number of ether oxygens (including phenoxy) is 1. The minimum Gasteiger partial charge on any atom is -0.487 e. The SMILES string of the molecule is Cc1cc2c(N)nccc2c(C)c1CN/C(N)=C/C(=C\N)OCc1ccc2ncc(C(F)(F)F)cc2c1. The van der Waals surface area contributed by atoms with Gasteiger partial charge in [-0.1, -0.05) is 6.07 Å². The minimum absolute atomic E-state index is 0.0807. The fraction of sp³-hybridized carbons (Fsp3) is 0.185. The van der Waals surface area contributed by atoms with Gasteiger partial charge in [-0.2, -0.15) is 13.2 Å². The topological polar surface area (TPSA) is 125 Å². The third-order valence-electron chi connectivity index (χ3n) is 6.12. The molecule has 2 aromatic carbocycles. The number of hydrogen-bond donors (Lipinski definition) is 4. The van der Waals surface area contributed by atoms with Crippen LogP contribution in [-0.4, -0.2) is 9.97 Å². The largest absolute Gasteiger partial charge is 0.487 e. The van der Waals surface area contributed by atoms with Crippen LogP contribution in [0.2, 0.25) is 0 Å². The maximum Gasteiger partial charge on any atom is 0.417 e. The Balaban J connectivity index is 1.44. The third-order valence-corrected chi connectivity index (χ3v) is 6.12. The highest BCUT2D eigenvalue weighted by molar-refractivity contribution is 5.94. The van der Waals surface area contributed by atoms with Gasteiger partial charge in [0.1, 0.15) is 24.0 Å². The van der Waals surface area contributed by atoms with Gasteiger partial charge < -0.3 is 27.3 Å². The fourth-order valence-corrected chi connectivity index (χ4v) is 4.13. The molecular weight excluding hydrogens is 481 g/mol. The van der Waals surface area contributed by atoms with E-state index in [0.717, 1.165) is 39.7 Å². The third kappa shape index (κ3) is 5.69. The molecule has 0 atom stereocenters. The molecule has 2 heterocycles. The molecule has 0 aliphatic rings. The van der Waals surface area contributed by atoms with Gasteiger partial charge >= 0.3 is 6.18 Å². The van der Waals surface area contributed by atoms with Crippen LogP contribution in [0.3, 0.4) is 0 Å². The van der Waals surface area contributed by atoms with E-state index in [1.54, 1.807) is 30.5 Å². The second kappa shape index (κ2) is 10.3. The van der Waals surface area contributed by atoms with Crippen molar-refractivity contribution in [1.29, 1.82) is 0 Å². The first-order valence-corrected chi connectivity index (χ1v) is 11.4. The first-order chi connectivity index (χ1) is 17.6. The maximum absolute atomic E-state index is 13.0. The summed E-state index contributed by atoms with van der Waals surface area (Å²) in [5.41, 5.74) is 21.4. The van der Waals surface area contributed by atoms with E-state index in [1.807, 2.05) is 26.0 Å².